The first-order valence-electron chi connectivity index (χ1n) is 6.43. The smallest absolute Gasteiger partial charge is 0.323 e. The summed E-state index contributed by atoms with van der Waals surface area (Å²) in [5, 5.41) is 3.36. The highest BCUT2D eigenvalue weighted by Gasteiger charge is 2.20. The molecule has 0 radical (unpaired) electrons. The minimum absolute atomic E-state index is 0.111. The molecule has 1 N–H and O–H groups in total. The Labute approximate surface area is 99.9 Å². The first-order chi connectivity index (χ1) is 7.51. The van der Waals surface area contributed by atoms with Gasteiger partial charge in [0.1, 0.15) is 6.04 Å². The zero-order chi connectivity index (χ0) is 12.6. The number of nitrogens with one attached hydrogen (secondary N) is 1. The van der Waals surface area contributed by atoms with E-state index in [2.05, 4.69) is 33.0 Å². The van der Waals surface area contributed by atoms with E-state index in [9.17, 15) is 4.79 Å². The number of hydrogen-bond donors (Lipinski definition) is 1. The molecule has 0 amide bonds. The summed E-state index contributed by atoms with van der Waals surface area (Å²) in [6.45, 7) is 10.9. The fourth-order valence-electron chi connectivity index (χ4n) is 1.92. The average Bonchev–Trinajstić information content (AvgIpc) is 2.16. The van der Waals surface area contributed by atoms with Gasteiger partial charge >= 0.3 is 5.97 Å². The van der Waals surface area contributed by atoms with Crippen LogP contribution < -0.4 is 5.32 Å². The predicted octanol–water partition coefficient (Wildman–Crippen LogP) is 2.74. The number of esters is 1. The Balaban J connectivity index is 4.15. The van der Waals surface area contributed by atoms with E-state index in [1.807, 2.05) is 6.92 Å². The second-order valence-electron chi connectivity index (χ2n) is 4.79. The van der Waals surface area contributed by atoms with Crippen molar-refractivity contribution in [2.75, 3.05) is 6.61 Å². The van der Waals surface area contributed by atoms with Gasteiger partial charge in [-0.25, -0.2) is 0 Å². The van der Waals surface area contributed by atoms with Crippen molar-refractivity contribution in [1.29, 1.82) is 0 Å². The van der Waals surface area contributed by atoms with Crippen LogP contribution in [0.3, 0.4) is 0 Å². The van der Waals surface area contributed by atoms with Crippen molar-refractivity contribution in [3.63, 3.8) is 0 Å². The molecule has 2 unspecified atom stereocenters. The molecule has 0 aromatic carbocycles. The van der Waals surface area contributed by atoms with Gasteiger partial charge in [0.2, 0.25) is 0 Å². The van der Waals surface area contributed by atoms with Gasteiger partial charge in [-0.2, -0.15) is 0 Å². The van der Waals surface area contributed by atoms with E-state index in [0.29, 0.717) is 18.6 Å². The average molecular weight is 229 g/mol. The normalized spacial score (nSPS) is 14.9. The van der Waals surface area contributed by atoms with Gasteiger partial charge in [0.15, 0.2) is 0 Å². The molecule has 0 aromatic rings. The third kappa shape index (κ3) is 6.83. The third-order valence-corrected chi connectivity index (χ3v) is 2.46. The topological polar surface area (TPSA) is 38.3 Å². The van der Waals surface area contributed by atoms with Crippen LogP contribution in [-0.2, 0) is 9.53 Å². The van der Waals surface area contributed by atoms with Crippen LogP contribution in [0.25, 0.3) is 0 Å². The maximum atomic E-state index is 11.7. The summed E-state index contributed by atoms with van der Waals surface area (Å²) >= 11 is 0. The summed E-state index contributed by atoms with van der Waals surface area (Å²) in [6.07, 6.45) is 2.92. The van der Waals surface area contributed by atoms with Crippen molar-refractivity contribution in [3.8, 4) is 0 Å². The first kappa shape index (κ1) is 15.4. The maximum Gasteiger partial charge on any atom is 0.323 e. The number of carbonyl (C=O) groups excluding carboxylic acids is 1. The summed E-state index contributed by atoms with van der Waals surface area (Å²) in [4.78, 5) is 11.7. The number of rotatable bonds is 8. The van der Waals surface area contributed by atoms with Gasteiger partial charge < -0.3 is 10.1 Å². The monoisotopic (exact) mass is 229 g/mol. The second kappa shape index (κ2) is 8.57. The van der Waals surface area contributed by atoms with Crippen molar-refractivity contribution in [3.05, 3.63) is 0 Å². The lowest BCUT2D eigenvalue weighted by Gasteiger charge is -2.22. The summed E-state index contributed by atoms with van der Waals surface area (Å²) in [7, 11) is 0. The van der Waals surface area contributed by atoms with E-state index in [1.54, 1.807) is 0 Å². The molecular weight excluding hydrogens is 202 g/mol. The molecule has 0 spiro atoms. The van der Waals surface area contributed by atoms with E-state index < -0.39 is 0 Å². The van der Waals surface area contributed by atoms with Gasteiger partial charge in [-0.15, -0.1) is 0 Å². The van der Waals surface area contributed by atoms with Crippen LogP contribution in [0.4, 0.5) is 0 Å². The van der Waals surface area contributed by atoms with Crippen LogP contribution in [0.15, 0.2) is 0 Å². The molecule has 0 aliphatic rings. The highest BCUT2D eigenvalue weighted by molar-refractivity contribution is 5.75. The Morgan fingerprint density at radius 2 is 1.88 bits per heavy atom. The van der Waals surface area contributed by atoms with Crippen LogP contribution in [0.5, 0.6) is 0 Å². The highest BCUT2D eigenvalue weighted by Crippen LogP contribution is 2.07. The number of hydrogen-bond acceptors (Lipinski definition) is 3. The van der Waals surface area contributed by atoms with Gasteiger partial charge in [0, 0.05) is 6.04 Å². The van der Waals surface area contributed by atoms with E-state index >= 15 is 0 Å². The minimum Gasteiger partial charge on any atom is -0.465 e. The lowest BCUT2D eigenvalue weighted by molar-refractivity contribution is -0.146. The largest absolute Gasteiger partial charge is 0.465 e. The Bertz CT molecular complexity index is 192. The fourth-order valence-corrected chi connectivity index (χ4v) is 1.92. The summed E-state index contributed by atoms with van der Waals surface area (Å²) in [6, 6.07) is 0.222. The first-order valence-corrected chi connectivity index (χ1v) is 6.43. The molecule has 0 fully saturated rings. The standard InChI is InChI=1S/C13H27NO2/c1-6-8-12(13(15)16-7-2)14-11(5)9-10(3)4/h10-12,14H,6-9H2,1-5H3. The summed E-state index contributed by atoms with van der Waals surface area (Å²) < 4.78 is 5.06. The quantitative estimate of drug-likeness (QED) is 0.650. The molecule has 3 nitrogen and oxygen atoms in total. The molecule has 0 aliphatic carbocycles. The lowest BCUT2D eigenvalue weighted by atomic mass is 10.0. The molecule has 3 heteroatoms. The molecule has 0 saturated carbocycles. The summed E-state index contributed by atoms with van der Waals surface area (Å²) in [5.74, 6) is 0.534. The van der Waals surface area contributed by atoms with E-state index in [1.165, 1.54) is 0 Å². The van der Waals surface area contributed by atoms with Crippen molar-refractivity contribution >= 4 is 5.97 Å². The molecule has 0 saturated heterocycles. The van der Waals surface area contributed by atoms with E-state index in [-0.39, 0.29) is 12.0 Å². The fraction of sp³-hybridized carbons (Fsp3) is 0.923. The van der Waals surface area contributed by atoms with Crippen LogP contribution >= 0.6 is 0 Å². The minimum atomic E-state index is -0.140. The number of carbonyl (C=O) groups is 1. The predicted molar refractivity (Wildman–Crippen MR) is 67.4 cm³/mol. The zero-order valence-corrected chi connectivity index (χ0v) is 11.4. The molecule has 0 bridgehead atoms. The van der Waals surface area contributed by atoms with Crippen molar-refractivity contribution in [1.82, 2.24) is 5.32 Å². The van der Waals surface area contributed by atoms with Gasteiger partial charge in [0.25, 0.3) is 0 Å². The number of ether oxygens (including phenoxy) is 1. The van der Waals surface area contributed by atoms with Crippen molar-refractivity contribution in [2.24, 2.45) is 5.92 Å². The summed E-state index contributed by atoms with van der Waals surface area (Å²) in [5.41, 5.74) is 0. The van der Waals surface area contributed by atoms with Crippen LogP contribution in [-0.4, -0.2) is 24.7 Å². The van der Waals surface area contributed by atoms with Gasteiger partial charge in [-0.3, -0.25) is 4.79 Å². The zero-order valence-electron chi connectivity index (χ0n) is 11.4. The van der Waals surface area contributed by atoms with E-state index in [0.717, 1.165) is 19.3 Å². The Hall–Kier alpha value is -0.570. The Morgan fingerprint density at radius 1 is 1.25 bits per heavy atom. The molecule has 2 atom stereocenters. The molecule has 0 aliphatic heterocycles. The maximum absolute atomic E-state index is 11.7. The third-order valence-electron chi connectivity index (χ3n) is 2.46. The van der Waals surface area contributed by atoms with Crippen LogP contribution in [0.1, 0.15) is 53.9 Å². The molecule has 96 valence electrons. The second-order valence-corrected chi connectivity index (χ2v) is 4.79. The lowest BCUT2D eigenvalue weighted by Crippen LogP contribution is -2.43. The van der Waals surface area contributed by atoms with E-state index in [4.69, 9.17) is 4.74 Å². The van der Waals surface area contributed by atoms with Gasteiger partial charge in [-0.05, 0) is 32.6 Å². The van der Waals surface area contributed by atoms with Crippen LogP contribution in [0, 0.1) is 5.92 Å². The highest BCUT2D eigenvalue weighted by atomic mass is 16.5. The van der Waals surface area contributed by atoms with Gasteiger partial charge in [-0.1, -0.05) is 27.2 Å². The van der Waals surface area contributed by atoms with Crippen LogP contribution in [0.2, 0.25) is 0 Å². The Morgan fingerprint density at radius 3 is 2.31 bits per heavy atom. The molecule has 16 heavy (non-hydrogen) atoms. The SMILES string of the molecule is CCCC(NC(C)CC(C)C)C(=O)OCC. The molecule has 0 aromatic heterocycles. The van der Waals surface area contributed by atoms with Crippen molar-refractivity contribution in [2.45, 2.75) is 66.0 Å². The molecule has 0 heterocycles. The van der Waals surface area contributed by atoms with Gasteiger partial charge in [0.05, 0.1) is 6.61 Å². The molecular formula is C13H27NO2. The Kier molecular flexibility index (Phi) is 8.26. The molecule has 0 rings (SSSR count). The van der Waals surface area contributed by atoms with Crippen molar-refractivity contribution < 1.29 is 9.53 Å².